The van der Waals surface area contributed by atoms with E-state index in [9.17, 15) is 4.79 Å². The third kappa shape index (κ3) is 7.56. The van der Waals surface area contributed by atoms with Gasteiger partial charge in [0.05, 0.1) is 0 Å². The van der Waals surface area contributed by atoms with E-state index in [-0.39, 0.29) is 31.9 Å². The standard InChI is InChI=1S/C4H7NO.CH2O2.Zn/c6-4-2-1-3-5-4;2-1-3;/h1-3H2,(H,5,6);1H,(H,2,3);. The van der Waals surface area contributed by atoms with E-state index in [1.807, 2.05) is 0 Å². The number of carboxylic acid groups (broad SMARTS) is 1. The quantitative estimate of drug-likeness (QED) is 0.409. The minimum absolute atomic E-state index is 0. The molecule has 0 aromatic carbocycles. The summed E-state index contributed by atoms with van der Waals surface area (Å²) in [6.07, 6.45) is 1.76. The van der Waals surface area contributed by atoms with Crippen molar-refractivity contribution in [2.45, 2.75) is 12.8 Å². The molecule has 0 radical (unpaired) electrons. The van der Waals surface area contributed by atoms with Crippen LogP contribution in [-0.2, 0) is 29.1 Å². The van der Waals surface area contributed by atoms with Gasteiger partial charge in [0.1, 0.15) is 0 Å². The number of hydrogen-bond donors (Lipinski definition) is 2. The second-order valence-corrected chi connectivity index (χ2v) is 1.56. The van der Waals surface area contributed by atoms with Crippen LogP contribution in [0.3, 0.4) is 0 Å². The smallest absolute Gasteiger partial charge is 0.290 e. The van der Waals surface area contributed by atoms with E-state index in [1.165, 1.54) is 0 Å². The molecule has 1 aliphatic heterocycles. The second-order valence-electron chi connectivity index (χ2n) is 1.56. The van der Waals surface area contributed by atoms with Crippen molar-refractivity contribution in [2.75, 3.05) is 6.54 Å². The van der Waals surface area contributed by atoms with Gasteiger partial charge in [0.2, 0.25) is 5.91 Å². The van der Waals surface area contributed by atoms with Crippen molar-refractivity contribution in [1.82, 2.24) is 5.32 Å². The van der Waals surface area contributed by atoms with E-state index < -0.39 is 0 Å². The summed E-state index contributed by atoms with van der Waals surface area (Å²) < 4.78 is 0. The molecule has 0 bridgehead atoms. The van der Waals surface area contributed by atoms with Gasteiger partial charge in [0.15, 0.2) is 0 Å². The monoisotopic (exact) mass is 195 g/mol. The third-order valence-corrected chi connectivity index (χ3v) is 0.903. The molecule has 1 rings (SSSR count). The molecule has 1 amide bonds. The molecule has 1 saturated heterocycles. The van der Waals surface area contributed by atoms with Crippen molar-refractivity contribution < 1.29 is 34.2 Å². The van der Waals surface area contributed by atoms with E-state index in [0.29, 0.717) is 0 Å². The number of amides is 1. The van der Waals surface area contributed by atoms with Crippen LogP contribution in [0.5, 0.6) is 0 Å². The summed E-state index contributed by atoms with van der Waals surface area (Å²) in [5.74, 6) is 0.204. The van der Waals surface area contributed by atoms with Crippen LogP contribution in [0.15, 0.2) is 0 Å². The van der Waals surface area contributed by atoms with Crippen LogP contribution in [0.4, 0.5) is 0 Å². The Balaban J connectivity index is 0. The van der Waals surface area contributed by atoms with Gasteiger partial charge < -0.3 is 10.4 Å². The van der Waals surface area contributed by atoms with Gasteiger partial charge in [-0.25, -0.2) is 0 Å². The van der Waals surface area contributed by atoms with Crippen LogP contribution in [0.25, 0.3) is 0 Å². The van der Waals surface area contributed by atoms with E-state index in [0.717, 1.165) is 19.4 Å². The molecule has 1 aliphatic rings. The fourth-order valence-electron chi connectivity index (χ4n) is 0.565. The van der Waals surface area contributed by atoms with Crippen LogP contribution in [-0.4, -0.2) is 24.0 Å². The average Bonchev–Trinajstić information content (AvgIpc) is 2.20. The normalized spacial score (nSPS) is 13.8. The number of carbonyl (C=O) groups excluding carboxylic acids is 1. The Labute approximate surface area is 71.7 Å². The molecule has 54 valence electrons. The molecule has 0 unspecified atom stereocenters. The van der Waals surface area contributed by atoms with Gasteiger partial charge >= 0.3 is 0 Å². The molecule has 0 saturated carbocycles. The van der Waals surface area contributed by atoms with Crippen LogP contribution in [0.1, 0.15) is 12.8 Å². The fourth-order valence-corrected chi connectivity index (χ4v) is 0.565. The summed E-state index contributed by atoms with van der Waals surface area (Å²) in [5, 5.41) is 9.57. The SMILES string of the molecule is O=C1CCCN1.O=CO.[Zn]. The zero-order valence-electron chi connectivity index (χ0n) is 5.67. The molecular formula is C5H9NO3Zn. The van der Waals surface area contributed by atoms with Crippen LogP contribution in [0, 0.1) is 0 Å². The van der Waals surface area contributed by atoms with Crippen molar-refractivity contribution in [3.63, 3.8) is 0 Å². The molecule has 0 spiro atoms. The number of hydrogen-bond acceptors (Lipinski definition) is 2. The predicted octanol–water partition coefficient (Wildman–Crippen LogP) is -0.405. The van der Waals surface area contributed by atoms with Crippen molar-refractivity contribution in [3.05, 3.63) is 0 Å². The molecular weight excluding hydrogens is 187 g/mol. The minimum Gasteiger partial charge on any atom is -0.483 e. The molecule has 0 atom stereocenters. The number of nitrogens with one attached hydrogen (secondary N) is 1. The Bertz CT molecular complexity index is 99.1. The molecule has 1 heterocycles. The first kappa shape index (κ1) is 12.3. The zero-order chi connectivity index (χ0) is 7.11. The maximum atomic E-state index is 10.1. The largest absolute Gasteiger partial charge is 0.483 e. The van der Waals surface area contributed by atoms with Gasteiger partial charge in [-0.2, -0.15) is 0 Å². The summed E-state index contributed by atoms with van der Waals surface area (Å²) in [6.45, 7) is 0.638. The maximum Gasteiger partial charge on any atom is 0.290 e. The van der Waals surface area contributed by atoms with E-state index in [4.69, 9.17) is 9.90 Å². The molecule has 2 N–H and O–H groups in total. The van der Waals surface area contributed by atoms with Crippen LogP contribution >= 0.6 is 0 Å². The summed E-state index contributed by atoms with van der Waals surface area (Å²) in [5.41, 5.74) is 0. The molecule has 0 aromatic rings. The molecule has 0 aromatic heterocycles. The number of rotatable bonds is 0. The first-order valence-corrected chi connectivity index (χ1v) is 2.66. The van der Waals surface area contributed by atoms with E-state index in [1.54, 1.807) is 0 Å². The first-order valence-electron chi connectivity index (χ1n) is 2.66. The Morgan fingerprint density at radius 3 is 2.20 bits per heavy atom. The Hall–Kier alpha value is -0.437. The summed E-state index contributed by atoms with van der Waals surface area (Å²) in [7, 11) is 0. The maximum absolute atomic E-state index is 10.1. The zero-order valence-corrected chi connectivity index (χ0v) is 8.64. The van der Waals surface area contributed by atoms with Crippen LogP contribution in [0.2, 0.25) is 0 Å². The second kappa shape index (κ2) is 8.56. The Morgan fingerprint density at radius 1 is 1.60 bits per heavy atom. The predicted molar refractivity (Wildman–Crippen MR) is 30.9 cm³/mol. The van der Waals surface area contributed by atoms with Gasteiger partial charge in [-0.3, -0.25) is 9.59 Å². The third-order valence-electron chi connectivity index (χ3n) is 0.903. The first-order chi connectivity index (χ1) is 4.31. The van der Waals surface area contributed by atoms with Crippen LogP contribution < -0.4 is 5.32 Å². The molecule has 1 fully saturated rings. The van der Waals surface area contributed by atoms with Gasteiger partial charge in [-0.1, -0.05) is 0 Å². The van der Waals surface area contributed by atoms with Gasteiger partial charge in [-0.05, 0) is 6.42 Å². The summed E-state index contributed by atoms with van der Waals surface area (Å²) in [6, 6.07) is 0. The van der Waals surface area contributed by atoms with Crippen molar-refractivity contribution in [2.24, 2.45) is 0 Å². The van der Waals surface area contributed by atoms with Gasteiger partial charge in [0.25, 0.3) is 6.47 Å². The molecule has 5 heteroatoms. The summed E-state index contributed by atoms with van der Waals surface area (Å²) in [4.78, 5) is 18.5. The minimum atomic E-state index is -0.250. The number of carbonyl (C=O) groups is 2. The van der Waals surface area contributed by atoms with Gasteiger partial charge in [0, 0.05) is 32.4 Å². The van der Waals surface area contributed by atoms with Crippen molar-refractivity contribution in [3.8, 4) is 0 Å². The van der Waals surface area contributed by atoms with E-state index in [2.05, 4.69) is 5.32 Å². The fraction of sp³-hybridized carbons (Fsp3) is 0.600. The molecule has 10 heavy (non-hydrogen) atoms. The summed E-state index contributed by atoms with van der Waals surface area (Å²) >= 11 is 0. The average molecular weight is 197 g/mol. The molecule has 4 nitrogen and oxygen atoms in total. The molecule has 0 aliphatic carbocycles. The Morgan fingerprint density at radius 2 is 2.10 bits per heavy atom. The van der Waals surface area contributed by atoms with E-state index >= 15 is 0 Å². The topological polar surface area (TPSA) is 66.4 Å². The van der Waals surface area contributed by atoms with Crippen molar-refractivity contribution >= 4 is 12.4 Å². The van der Waals surface area contributed by atoms with Gasteiger partial charge in [-0.15, -0.1) is 0 Å². The van der Waals surface area contributed by atoms with Crippen molar-refractivity contribution in [1.29, 1.82) is 0 Å². The Kier molecular flexibility index (Phi) is 10.5.